The maximum Gasteiger partial charge on any atom is 0.133 e. The highest BCUT2D eigenvalue weighted by atomic mass is 79.9. The number of halogens is 1. The van der Waals surface area contributed by atoms with Crippen LogP contribution in [0.1, 0.15) is 31.7 Å². The van der Waals surface area contributed by atoms with Crippen molar-refractivity contribution in [1.29, 1.82) is 0 Å². The molecule has 0 spiro atoms. The van der Waals surface area contributed by atoms with Gasteiger partial charge in [0.05, 0.1) is 0 Å². The smallest absolute Gasteiger partial charge is 0.133 e. The fourth-order valence-corrected chi connectivity index (χ4v) is 2.76. The van der Waals surface area contributed by atoms with E-state index >= 15 is 0 Å². The maximum absolute atomic E-state index is 5.81. The number of hydrogen-bond donors (Lipinski definition) is 1. The summed E-state index contributed by atoms with van der Waals surface area (Å²) in [6.45, 7) is 5.09. The predicted molar refractivity (Wildman–Crippen MR) is 75.1 cm³/mol. The van der Waals surface area contributed by atoms with E-state index in [-0.39, 0.29) is 0 Å². The van der Waals surface area contributed by atoms with Gasteiger partial charge in [-0.05, 0) is 47.2 Å². The molecule has 0 aliphatic carbocycles. The third-order valence-corrected chi connectivity index (χ3v) is 3.88. The topological polar surface area (TPSA) is 42.2 Å². The Balaban J connectivity index is 2.20. The standard InChI is InChI=1S/C13H20BrN3/c1-10-3-2-5-17(6-4-10)13-11(8-15)7-12(14)9-16-13/h7,9-10H,2-6,8,15H2,1H3. The predicted octanol–water partition coefficient (Wildman–Crippen LogP) is 2.93. The molecule has 4 heteroatoms. The van der Waals surface area contributed by atoms with Crippen LogP contribution in [-0.2, 0) is 6.54 Å². The highest BCUT2D eigenvalue weighted by molar-refractivity contribution is 9.10. The minimum Gasteiger partial charge on any atom is -0.356 e. The molecule has 0 bridgehead atoms. The quantitative estimate of drug-likeness (QED) is 0.913. The van der Waals surface area contributed by atoms with Gasteiger partial charge in [-0.3, -0.25) is 0 Å². The van der Waals surface area contributed by atoms with Crippen LogP contribution in [0.5, 0.6) is 0 Å². The zero-order chi connectivity index (χ0) is 12.3. The molecule has 2 heterocycles. The molecule has 3 nitrogen and oxygen atoms in total. The molecule has 0 saturated carbocycles. The van der Waals surface area contributed by atoms with Gasteiger partial charge in [-0.25, -0.2) is 4.98 Å². The van der Waals surface area contributed by atoms with Crippen molar-refractivity contribution in [3.05, 3.63) is 22.3 Å². The summed E-state index contributed by atoms with van der Waals surface area (Å²) in [7, 11) is 0. The van der Waals surface area contributed by atoms with Crippen LogP contribution >= 0.6 is 15.9 Å². The summed E-state index contributed by atoms with van der Waals surface area (Å²) in [6, 6.07) is 2.08. The molecule has 1 saturated heterocycles. The third-order valence-electron chi connectivity index (χ3n) is 3.45. The molecule has 94 valence electrons. The molecule has 0 aromatic carbocycles. The lowest BCUT2D eigenvalue weighted by Gasteiger charge is -2.24. The first-order chi connectivity index (χ1) is 8.20. The van der Waals surface area contributed by atoms with E-state index in [4.69, 9.17) is 5.73 Å². The Morgan fingerprint density at radius 3 is 3.06 bits per heavy atom. The van der Waals surface area contributed by atoms with Gasteiger partial charge in [0.15, 0.2) is 0 Å². The van der Waals surface area contributed by atoms with E-state index in [0.717, 1.165) is 34.9 Å². The van der Waals surface area contributed by atoms with E-state index in [2.05, 4.69) is 38.8 Å². The van der Waals surface area contributed by atoms with E-state index in [1.54, 1.807) is 0 Å². The van der Waals surface area contributed by atoms with Gasteiger partial charge in [0.2, 0.25) is 0 Å². The lowest BCUT2D eigenvalue weighted by Crippen LogP contribution is -2.26. The van der Waals surface area contributed by atoms with Crippen molar-refractivity contribution < 1.29 is 0 Å². The first-order valence-corrected chi connectivity index (χ1v) is 7.09. The van der Waals surface area contributed by atoms with Crippen LogP contribution in [0.2, 0.25) is 0 Å². The molecular formula is C13H20BrN3. The minimum atomic E-state index is 0.549. The lowest BCUT2D eigenvalue weighted by molar-refractivity contribution is 0.521. The van der Waals surface area contributed by atoms with Crippen LogP contribution in [0.15, 0.2) is 16.7 Å². The van der Waals surface area contributed by atoms with Gasteiger partial charge >= 0.3 is 0 Å². The van der Waals surface area contributed by atoms with Crippen LogP contribution in [0, 0.1) is 5.92 Å². The Hall–Kier alpha value is -0.610. The van der Waals surface area contributed by atoms with E-state index in [1.807, 2.05) is 6.20 Å². The van der Waals surface area contributed by atoms with Gasteiger partial charge in [-0.2, -0.15) is 0 Å². The molecular weight excluding hydrogens is 278 g/mol. The molecule has 1 aliphatic heterocycles. The molecule has 1 fully saturated rings. The largest absolute Gasteiger partial charge is 0.356 e. The van der Waals surface area contributed by atoms with Crippen LogP contribution in [0.4, 0.5) is 5.82 Å². The van der Waals surface area contributed by atoms with Crippen LogP contribution in [0.3, 0.4) is 0 Å². The van der Waals surface area contributed by atoms with Gasteiger partial charge in [-0.1, -0.05) is 6.92 Å². The molecule has 17 heavy (non-hydrogen) atoms. The summed E-state index contributed by atoms with van der Waals surface area (Å²) in [6.07, 6.45) is 5.69. The lowest BCUT2D eigenvalue weighted by atomic mass is 10.0. The first-order valence-electron chi connectivity index (χ1n) is 6.30. The maximum atomic E-state index is 5.81. The normalized spacial score (nSPS) is 21.4. The Kier molecular flexibility index (Phi) is 4.40. The number of nitrogens with zero attached hydrogens (tertiary/aromatic N) is 2. The Morgan fingerprint density at radius 2 is 2.29 bits per heavy atom. The third kappa shape index (κ3) is 3.19. The Bertz CT molecular complexity index is 381. The summed E-state index contributed by atoms with van der Waals surface area (Å²) in [5.41, 5.74) is 6.94. The highest BCUT2D eigenvalue weighted by Gasteiger charge is 2.17. The monoisotopic (exact) mass is 297 g/mol. The van der Waals surface area contributed by atoms with Crippen molar-refractivity contribution >= 4 is 21.7 Å². The van der Waals surface area contributed by atoms with E-state index < -0.39 is 0 Å². The van der Waals surface area contributed by atoms with Crippen LogP contribution in [0.25, 0.3) is 0 Å². The number of rotatable bonds is 2. The summed E-state index contributed by atoms with van der Waals surface area (Å²) in [5.74, 6) is 1.90. The second-order valence-corrected chi connectivity index (χ2v) is 5.78. The average molecular weight is 298 g/mol. The second kappa shape index (κ2) is 5.83. The van der Waals surface area contributed by atoms with Gasteiger partial charge in [-0.15, -0.1) is 0 Å². The summed E-state index contributed by atoms with van der Waals surface area (Å²) < 4.78 is 1.00. The van der Waals surface area contributed by atoms with Crippen LogP contribution < -0.4 is 10.6 Å². The minimum absolute atomic E-state index is 0.549. The number of anilines is 1. The van der Waals surface area contributed by atoms with Crippen molar-refractivity contribution in [3.8, 4) is 0 Å². The van der Waals surface area contributed by atoms with E-state index in [9.17, 15) is 0 Å². The molecule has 0 amide bonds. The van der Waals surface area contributed by atoms with Gasteiger partial charge < -0.3 is 10.6 Å². The zero-order valence-electron chi connectivity index (χ0n) is 10.3. The van der Waals surface area contributed by atoms with Crippen LogP contribution in [-0.4, -0.2) is 18.1 Å². The average Bonchev–Trinajstić information content (AvgIpc) is 2.54. The number of nitrogens with two attached hydrogens (primary N) is 1. The Morgan fingerprint density at radius 1 is 1.47 bits per heavy atom. The highest BCUT2D eigenvalue weighted by Crippen LogP contribution is 2.25. The molecule has 1 atom stereocenters. The van der Waals surface area contributed by atoms with Crippen molar-refractivity contribution in [1.82, 2.24) is 4.98 Å². The molecule has 0 radical (unpaired) electrons. The molecule has 2 N–H and O–H groups in total. The van der Waals surface area contributed by atoms with Gasteiger partial charge in [0, 0.05) is 35.9 Å². The SMILES string of the molecule is CC1CCCN(c2ncc(Br)cc2CN)CC1. The number of aromatic nitrogens is 1. The van der Waals surface area contributed by atoms with E-state index in [0.29, 0.717) is 6.54 Å². The molecule has 1 aromatic heterocycles. The fraction of sp³-hybridized carbons (Fsp3) is 0.615. The zero-order valence-corrected chi connectivity index (χ0v) is 11.9. The summed E-state index contributed by atoms with van der Waals surface area (Å²) >= 11 is 3.45. The first kappa shape index (κ1) is 12.8. The number of hydrogen-bond acceptors (Lipinski definition) is 3. The summed E-state index contributed by atoms with van der Waals surface area (Å²) in [5, 5.41) is 0. The fourth-order valence-electron chi connectivity index (χ4n) is 2.38. The molecule has 1 aromatic rings. The van der Waals surface area contributed by atoms with E-state index in [1.165, 1.54) is 19.3 Å². The van der Waals surface area contributed by atoms with Crippen molar-refractivity contribution in [2.45, 2.75) is 32.7 Å². The van der Waals surface area contributed by atoms with Crippen molar-refractivity contribution in [2.75, 3.05) is 18.0 Å². The Labute approximate surface area is 112 Å². The molecule has 1 aliphatic rings. The molecule has 2 rings (SSSR count). The van der Waals surface area contributed by atoms with Gasteiger partial charge in [0.1, 0.15) is 5.82 Å². The molecule has 1 unspecified atom stereocenters. The van der Waals surface area contributed by atoms with Gasteiger partial charge in [0.25, 0.3) is 0 Å². The summed E-state index contributed by atoms with van der Waals surface area (Å²) in [4.78, 5) is 6.93. The number of pyridine rings is 1. The second-order valence-electron chi connectivity index (χ2n) is 4.86. The van der Waals surface area contributed by atoms with Crippen molar-refractivity contribution in [2.24, 2.45) is 11.7 Å². The van der Waals surface area contributed by atoms with Crippen molar-refractivity contribution in [3.63, 3.8) is 0 Å².